The van der Waals surface area contributed by atoms with Gasteiger partial charge in [-0.3, -0.25) is 9.36 Å². The maximum atomic E-state index is 14.2. The number of fused-ring (bicyclic) bond motifs is 2. The van der Waals surface area contributed by atoms with Crippen LogP contribution in [0.5, 0.6) is 0 Å². The molecule has 0 bridgehead atoms. The second-order valence-electron chi connectivity index (χ2n) is 10.5. The van der Waals surface area contributed by atoms with E-state index in [9.17, 15) is 9.59 Å². The number of aromatic nitrogens is 2. The van der Waals surface area contributed by atoms with Gasteiger partial charge < -0.3 is 9.30 Å². The van der Waals surface area contributed by atoms with Crippen molar-refractivity contribution in [3.63, 3.8) is 0 Å². The van der Waals surface area contributed by atoms with E-state index in [0.29, 0.717) is 26.5 Å². The summed E-state index contributed by atoms with van der Waals surface area (Å²) in [5.41, 5.74) is 5.56. The van der Waals surface area contributed by atoms with Crippen LogP contribution >= 0.6 is 11.3 Å². The van der Waals surface area contributed by atoms with Crippen LogP contribution in [0.3, 0.4) is 0 Å². The number of benzene rings is 3. The summed E-state index contributed by atoms with van der Waals surface area (Å²) in [7, 11) is 2.00. The van der Waals surface area contributed by atoms with E-state index in [-0.39, 0.29) is 12.2 Å². The number of ether oxygens (including phenoxy) is 1. The number of hydrogen-bond donors (Lipinski definition) is 0. The number of rotatable bonds is 6. The third-order valence-electron chi connectivity index (χ3n) is 7.51. The van der Waals surface area contributed by atoms with Gasteiger partial charge in [-0.25, -0.2) is 9.79 Å². The fraction of sp³-hybridized carbons (Fsp3) is 0.206. The van der Waals surface area contributed by atoms with E-state index in [1.165, 1.54) is 16.9 Å². The first kappa shape index (κ1) is 26.7. The van der Waals surface area contributed by atoms with Crippen molar-refractivity contribution in [3.05, 3.63) is 133 Å². The fourth-order valence-electron chi connectivity index (χ4n) is 5.45. The van der Waals surface area contributed by atoms with Crippen LogP contribution in [0.4, 0.5) is 0 Å². The number of thiazole rings is 1. The second-order valence-corrected chi connectivity index (χ2v) is 11.5. The smallest absolute Gasteiger partial charge is 0.338 e. The molecular formula is C34H31N3O3S. The summed E-state index contributed by atoms with van der Waals surface area (Å²) in [4.78, 5) is 33.3. The first-order valence-electron chi connectivity index (χ1n) is 13.8. The van der Waals surface area contributed by atoms with E-state index in [1.807, 2.05) is 73.9 Å². The zero-order valence-corrected chi connectivity index (χ0v) is 24.3. The molecule has 3 heterocycles. The third kappa shape index (κ3) is 4.76. The predicted octanol–water partition coefficient (Wildman–Crippen LogP) is 5.55. The van der Waals surface area contributed by atoms with Crippen LogP contribution in [-0.4, -0.2) is 21.7 Å². The summed E-state index contributed by atoms with van der Waals surface area (Å²) in [6.45, 7) is 6.28. The Balaban J connectivity index is 1.64. The molecule has 0 unspecified atom stereocenters. The quantitative estimate of drug-likeness (QED) is 0.255. The van der Waals surface area contributed by atoms with Crippen LogP contribution in [0.2, 0.25) is 0 Å². The van der Waals surface area contributed by atoms with Gasteiger partial charge in [0.2, 0.25) is 0 Å². The van der Waals surface area contributed by atoms with Crippen molar-refractivity contribution in [3.8, 4) is 0 Å². The number of aryl methyl sites for hydroxylation is 1. The van der Waals surface area contributed by atoms with Crippen molar-refractivity contribution in [1.29, 1.82) is 0 Å². The van der Waals surface area contributed by atoms with E-state index in [0.717, 1.165) is 27.6 Å². The summed E-state index contributed by atoms with van der Waals surface area (Å²) in [5, 5.41) is 1.07. The molecule has 1 atom stereocenters. The summed E-state index contributed by atoms with van der Waals surface area (Å²) in [6, 6.07) is 25.2. The van der Waals surface area contributed by atoms with E-state index in [4.69, 9.17) is 9.73 Å². The van der Waals surface area contributed by atoms with Gasteiger partial charge in [0.15, 0.2) is 4.80 Å². The van der Waals surface area contributed by atoms with Crippen molar-refractivity contribution < 1.29 is 9.53 Å². The number of para-hydroxylation sites is 1. The largest absolute Gasteiger partial charge is 0.463 e. The van der Waals surface area contributed by atoms with Gasteiger partial charge in [-0.2, -0.15) is 0 Å². The van der Waals surface area contributed by atoms with Gasteiger partial charge >= 0.3 is 5.97 Å². The Morgan fingerprint density at radius 1 is 1.02 bits per heavy atom. The average molecular weight is 562 g/mol. The van der Waals surface area contributed by atoms with Crippen LogP contribution in [0.15, 0.2) is 100 Å². The summed E-state index contributed by atoms with van der Waals surface area (Å²) >= 11 is 1.34. The maximum Gasteiger partial charge on any atom is 0.338 e. The molecule has 0 amide bonds. The van der Waals surface area contributed by atoms with Crippen LogP contribution < -0.4 is 14.9 Å². The molecule has 6 rings (SSSR count). The minimum atomic E-state index is -0.684. The van der Waals surface area contributed by atoms with Crippen molar-refractivity contribution in [2.75, 3.05) is 6.61 Å². The zero-order chi connectivity index (χ0) is 28.7. The van der Waals surface area contributed by atoms with Gasteiger partial charge in [0, 0.05) is 35.3 Å². The van der Waals surface area contributed by atoms with Gasteiger partial charge in [0.25, 0.3) is 5.56 Å². The maximum absolute atomic E-state index is 14.2. The fourth-order valence-corrected chi connectivity index (χ4v) is 6.44. The second kappa shape index (κ2) is 10.8. The summed E-state index contributed by atoms with van der Waals surface area (Å²) < 4.78 is 9.85. The zero-order valence-electron chi connectivity index (χ0n) is 23.5. The molecule has 1 aliphatic heterocycles. The standard InChI is InChI=1S/C34H31N3O3S/c1-5-40-33(39)29-30(23-11-7-6-8-12-23)35-34-37(31(29)24-17-15-22(16-18-24)21(2)3)32(38)28(41-34)19-25-20-36(4)27-14-10-9-13-26(25)27/h6-21,31H,5H2,1-4H3/b28-19-/t31-/m1/s1. The molecule has 0 saturated carbocycles. The van der Waals surface area contributed by atoms with Gasteiger partial charge in [-0.05, 0) is 36.1 Å². The summed E-state index contributed by atoms with van der Waals surface area (Å²) in [5.74, 6) is -0.122. The van der Waals surface area contributed by atoms with Gasteiger partial charge in [0.05, 0.1) is 28.5 Å². The lowest BCUT2D eigenvalue weighted by Crippen LogP contribution is -2.40. The Kier molecular flexibility index (Phi) is 7.05. The normalized spacial score (nSPS) is 15.3. The molecule has 6 nitrogen and oxygen atoms in total. The molecule has 206 valence electrons. The molecule has 5 aromatic rings. The highest BCUT2D eigenvalue weighted by atomic mass is 32.1. The Labute approximate surface area is 242 Å². The van der Waals surface area contributed by atoms with Crippen molar-refractivity contribution in [2.45, 2.75) is 32.7 Å². The van der Waals surface area contributed by atoms with Gasteiger partial charge in [-0.1, -0.05) is 98.0 Å². The number of carbonyl (C=O) groups excluding carboxylic acids is 1. The number of nitrogens with zero attached hydrogens (tertiary/aromatic N) is 3. The molecule has 3 aromatic carbocycles. The molecule has 0 fully saturated rings. The van der Waals surface area contributed by atoms with Gasteiger partial charge in [-0.15, -0.1) is 0 Å². The minimum absolute atomic E-state index is 0.187. The van der Waals surface area contributed by atoms with Crippen LogP contribution in [-0.2, 0) is 16.6 Å². The topological polar surface area (TPSA) is 65.6 Å². The van der Waals surface area contributed by atoms with Crippen LogP contribution in [0.1, 0.15) is 55.0 Å². The summed E-state index contributed by atoms with van der Waals surface area (Å²) in [6.07, 6.45) is 3.96. The van der Waals surface area contributed by atoms with Crippen LogP contribution in [0, 0.1) is 0 Å². The van der Waals surface area contributed by atoms with E-state index in [1.54, 1.807) is 11.5 Å². The third-order valence-corrected chi connectivity index (χ3v) is 8.49. The van der Waals surface area contributed by atoms with E-state index >= 15 is 0 Å². The van der Waals surface area contributed by atoms with Crippen molar-refractivity contribution in [2.24, 2.45) is 12.0 Å². The lowest BCUT2D eigenvalue weighted by molar-refractivity contribution is -0.138. The van der Waals surface area contributed by atoms with Crippen LogP contribution in [0.25, 0.3) is 22.7 Å². The predicted molar refractivity (Wildman–Crippen MR) is 165 cm³/mol. The first-order chi connectivity index (χ1) is 19.9. The molecule has 0 radical (unpaired) electrons. The molecular weight excluding hydrogens is 530 g/mol. The molecule has 2 aromatic heterocycles. The highest BCUT2D eigenvalue weighted by molar-refractivity contribution is 7.07. The van der Waals surface area contributed by atoms with Crippen molar-refractivity contribution in [1.82, 2.24) is 9.13 Å². The Morgan fingerprint density at radius 3 is 2.44 bits per heavy atom. The molecule has 7 heteroatoms. The Hall–Kier alpha value is -4.49. The number of hydrogen-bond acceptors (Lipinski definition) is 5. The molecule has 0 aliphatic carbocycles. The van der Waals surface area contributed by atoms with E-state index < -0.39 is 12.0 Å². The Morgan fingerprint density at radius 2 is 1.73 bits per heavy atom. The average Bonchev–Trinajstić information content (AvgIpc) is 3.48. The van der Waals surface area contributed by atoms with E-state index in [2.05, 4.69) is 42.7 Å². The highest BCUT2D eigenvalue weighted by Gasteiger charge is 2.35. The minimum Gasteiger partial charge on any atom is -0.463 e. The molecule has 0 N–H and O–H groups in total. The lowest BCUT2D eigenvalue weighted by Gasteiger charge is -2.26. The lowest BCUT2D eigenvalue weighted by atomic mass is 9.91. The SMILES string of the molecule is CCOC(=O)C1=C(c2ccccc2)N=c2s/c(=C\c3cn(C)c4ccccc34)c(=O)n2[C@@H]1c1ccc(C(C)C)cc1. The molecule has 0 spiro atoms. The Bertz CT molecular complexity index is 1980. The number of esters is 1. The number of carbonyl (C=O) groups is 1. The highest BCUT2D eigenvalue weighted by Crippen LogP contribution is 2.35. The first-order valence-corrected chi connectivity index (χ1v) is 14.6. The molecule has 41 heavy (non-hydrogen) atoms. The van der Waals surface area contributed by atoms with Gasteiger partial charge in [0.1, 0.15) is 0 Å². The monoisotopic (exact) mass is 561 g/mol. The van der Waals surface area contributed by atoms with Crippen molar-refractivity contribution >= 4 is 40.0 Å². The molecule has 1 aliphatic rings. The molecule has 0 saturated heterocycles.